The lowest BCUT2D eigenvalue weighted by Gasteiger charge is -2.18. The van der Waals surface area contributed by atoms with Gasteiger partial charge in [0.25, 0.3) is 0 Å². The molecule has 1 saturated heterocycles. The molecule has 0 radical (unpaired) electrons. The first-order chi connectivity index (χ1) is 8.08. The molecule has 0 bridgehead atoms. The normalized spacial score (nSPS) is 18.4. The first-order valence-electron chi connectivity index (χ1n) is 5.66. The Hall–Kier alpha value is -0.810. The molecule has 1 aliphatic heterocycles. The molecule has 3 nitrogen and oxygen atoms in total. The Balaban J connectivity index is 2.20. The van der Waals surface area contributed by atoms with Crippen molar-refractivity contribution in [3.05, 3.63) is 21.1 Å². The standard InChI is InChI=1S/C12H16N2OS2/c1-8(2)12(15)14-4-5-16-11(14)6-10-7-17-9(3)13-10/h6-8H,4-5H2,1-3H3/b11-6+. The summed E-state index contributed by atoms with van der Waals surface area (Å²) in [7, 11) is 0. The van der Waals surface area contributed by atoms with Crippen LogP contribution in [0.4, 0.5) is 0 Å². The molecular weight excluding hydrogens is 252 g/mol. The van der Waals surface area contributed by atoms with Crippen molar-refractivity contribution in [2.45, 2.75) is 20.8 Å². The van der Waals surface area contributed by atoms with E-state index in [-0.39, 0.29) is 11.8 Å². The van der Waals surface area contributed by atoms with Gasteiger partial charge in [-0.15, -0.1) is 23.1 Å². The second-order valence-corrected chi connectivity index (χ2v) is 6.44. The summed E-state index contributed by atoms with van der Waals surface area (Å²) in [5.74, 6) is 1.23. The fraction of sp³-hybridized carbons (Fsp3) is 0.500. The van der Waals surface area contributed by atoms with Gasteiger partial charge in [0.15, 0.2) is 0 Å². The number of amides is 1. The Bertz CT molecular complexity index is 451. The third-order valence-electron chi connectivity index (χ3n) is 2.50. The van der Waals surface area contributed by atoms with Gasteiger partial charge in [-0.2, -0.15) is 0 Å². The average Bonchev–Trinajstić information content (AvgIpc) is 2.87. The highest BCUT2D eigenvalue weighted by Gasteiger charge is 2.25. The molecule has 92 valence electrons. The number of rotatable bonds is 2. The van der Waals surface area contributed by atoms with Crippen molar-refractivity contribution < 1.29 is 4.79 Å². The van der Waals surface area contributed by atoms with Crippen LogP contribution < -0.4 is 0 Å². The van der Waals surface area contributed by atoms with E-state index >= 15 is 0 Å². The van der Waals surface area contributed by atoms with Crippen LogP contribution >= 0.6 is 23.1 Å². The van der Waals surface area contributed by atoms with E-state index in [1.54, 1.807) is 23.1 Å². The lowest BCUT2D eigenvalue weighted by molar-refractivity contribution is -0.131. The van der Waals surface area contributed by atoms with Crippen molar-refractivity contribution in [3.63, 3.8) is 0 Å². The van der Waals surface area contributed by atoms with E-state index in [1.807, 2.05) is 37.1 Å². The van der Waals surface area contributed by atoms with Crippen LogP contribution in [0.15, 0.2) is 10.4 Å². The molecule has 0 spiro atoms. The third-order valence-corrected chi connectivity index (χ3v) is 4.31. The maximum atomic E-state index is 12.0. The van der Waals surface area contributed by atoms with Crippen molar-refractivity contribution in [1.82, 2.24) is 9.88 Å². The molecule has 0 atom stereocenters. The fourth-order valence-electron chi connectivity index (χ4n) is 1.65. The molecule has 1 aromatic heterocycles. The topological polar surface area (TPSA) is 33.2 Å². The molecule has 0 N–H and O–H groups in total. The van der Waals surface area contributed by atoms with Gasteiger partial charge in [-0.1, -0.05) is 13.8 Å². The van der Waals surface area contributed by atoms with Crippen molar-refractivity contribution in [2.75, 3.05) is 12.3 Å². The van der Waals surface area contributed by atoms with Gasteiger partial charge in [-0.25, -0.2) is 4.98 Å². The highest BCUT2D eigenvalue weighted by molar-refractivity contribution is 8.03. The van der Waals surface area contributed by atoms with Gasteiger partial charge in [0.05, 0.1) is 15.7 Å². The van der Waals surface area contributed by atoms with Crippen LogP contribution in [-0.4, -0.2) is 28.1 Å². The molecule has 0 unspecified atom stereocenters. The first-order valence-corrected chi connectivity index (χ1v) is 7.52. The molecule has 0 aromatic carbocycles. The maximum absolute atomic E-state index is 12.0. The minimum absolute atomic E-state index is 0.0503. The van der Waals surface area contributed by atoms with Gasteiger partial charge in [-0.3, -0.25) is 4.79 Å². The molecule has 5 heteroatoms. The summed E-state index contributed by atoms with van der Waals surface area (Å²) in [6.07, 6.45) is 2.02. The summed E-state index contributed by atoms with van der Waals surface area (Å²) in [6.45, 7) is 6.69. The molecule has 1 aromatic rings. The SMILES string of the molecule is Cc1nc(/C=C2/SCCN2C(=O)C(C)C)cs1. The Morgan fingerprint density at radius 3 is 2.94 bits per heavy atom. The molecule has 0 saturated carbocycles. The van der Waals surface area contributed by atoms with E-state index in [2.05, 4.69) is 4.98 Å². The zero-order chi connectivity index (χ0) is 12.4. The Morgan fingerprint density at radius 2 is 2.35 bits per heavy atom. The van der Waals surface area contributed by atoms with Gasteiger partial charge in [0, 0.05) is 23.6 Å². The number of aryl methyl sites for hydroxylation is 1. The molecule has 2 rings (SSSR count). The van der Waals surface area contributed by atoms with Crippen LogP contribution in [-0.2, 0) is 4.79 Å². The average molecular weight is 268 g/mol. The van der Waals surface area contributed by atoms with E-state index < -0.39 is 0 Å². The number of hydrogen-bond donors (Lipinski definition) is 0. The molecule has 17 heavy (non-hydrogen) atoms. The summed E-state index contributed by atoms with van der Waals surface area (Å²) in [5.41, 5.74) is 0.957. The zero-order valence-corrected chi connectivity index (χ0v) is 11.9. The number of nitrogens with zero attached hydrogens (tertiary/aromatic N) is 2. The summed E-state index contributed by atoms with van der Waals surface area (Å²) < 4.78 is 0. The second-order valence-electron chi connectivity index (χ2n) is 4.27. The summed E-state index contributed by atoms with van der Waals surface area (Å²) in [5, 5.41) is 4.12. The second kappa shape index (κ2) is 5.23. The van der Waals surface area contributed by atoms with Gasteiger partial charge in [0.2, 0.25) is 5.91 Å². The number of thiazole rings is 1. The molecule has 1 aliphatic rings. The summed E-state index contributed by atoms with van der Waals surface area (Å²) in [4.78, 5) is 18.3. The molecule has 1 amide bonds. The number of carbonyl (C=O) groups is 1. The van der Waals surface area contributed by atoms with Crippen LogP contribution in [0, 0.1) is 12.8 Å². The predicted molar refractivity (Wildman–Crippen MR) is 73.8 cm³/mol. The van der Waals surface area contributed by atoms with Gasteiger partial charge < -0.3 is 4.90 Å². The van der Waals surface area contributed by atoms with E-state index in [0.29, 0.717) is 0 Å². The first kappa shape index (κ1) is 12.6. The lowest BCUT2D eigenvalue weighted by atomic mass is 10.2. The largest absolute Gasteiger partial charge is 0.306 e. The van der Waals surface area contributed by atoms with Gasteiger partial charge in [0.1, 0.15) is 0 Å². The summed E-state index contributed by atoms with van der Waals surface area (Å²) in [6, 6.07) is 0. The predicted octanol–water partition coefficient (Wildman–Crippen LogP) is 2.98. The molecular formula is C12H16N2OS2. The van der Waals surface area contributed by atoms with E-state index in [0.717, 1.165) is 28.0 Å². The Labute approximate surface area is 110 Å². The molecule has 0 aliphatic carbocycles. The fourth-order valence-corrected chi connectivity index (χ4v) is 3.25. The maximum Gasteiger partial charge on any atom is 0.229 e. The third kappa shape index (κ3) is 2.90. The van der Waals surface area contributed by atoms with Crippen molar-refractivity contribution in [3.8, 4) is 0 Å². The van der Waals surface area contributed by atoms with E-state index in [9.17, 15) is 4.79 Å². The number of aromatic nitrogens is 1. The summed E-state index contributed by atoms with van der Waals surface area (Å²) >= 11 is 3.37. The Kier molecular flexibility index (Phi) is 3.89. The lowest BCUT2D eigenvalue weighted by Crippen LogP contribution is -2.30. The quantitative estimate of drug-likeness (QED) is 0.826. The van der Waals surface area contributed by atoms with Crippen LogP contribution in [0.3, 0.4) is 0 Å². The monoisotopic (exact) mass is 268 g/mol. The van der Waals surface area contributed by atoms with Crippen molar-refractivity contribution >= 4 is 35.1 Å². The zero-order valence-electron chi connectivity index (χ0n) is 10.3. The number of thioether (sulfide) groups is 1. The van der Waals surface area contributed by atoms with Crippen LogP contribution in [0.2, 0.25) is 0 Å². The van der Waals surface area contributed by atoms with Crippen molar-refractivity contribution in [2.24, 2.45) is 5.92 Å². The van der Waals surface area contributed by atoms with Gasteiger partial charge >= 0.3 is 0 Å². The van der Waals surface area contributed by atoms with Gasteiger partial charge in [-0.05, 0) is 13.0 Å². The van der Waals surface area contributed by atoms with E-state index in [4.69, 9.17) is 0 Å². The highest BCUT2D eigenvalue weighted by atomic mass is 32.2. The number of carbonyl (C=O) groups excluding carboxylic acids is 1. The van der Waals surface area contributed by atoms with Crippen LogP contribution in [0.5, 0.6) is 0 Å². The smallest absolute Gasteiger partial charge is 0.229 e. The highest BCUT2D eigenvalue weighted by Crippen LogP contribution is 2.31. The number of hydrogen-bond acceptors (Lipinski definition) is 4. The molecule has 2 heterocycles. The van der Waals surface area contributed by atoms with Crippen LogP contribution in [0.1, 0.15) is 24.5 Å². The van der Waals surface area contributed by atoms with Crippen molar-refractivity contribution in [1.29, 1.82) is 0 Å². The minimum atomic E-state index is 0.0503. The minimum Gasteiger partial charge on any atom is -0.306 e. The Morgan fingerprint density at radius 1 is 1.59 bits per heavy atom. The van der Waals surface area contributed by atoms with Crippen LogP contribution in [0.25, 0.3) is 6.08 Å². The van der Waals surface area contributed by atoms with E-state index in [1.165, 1.54) is 0 Å². The molecule has 1 fully saturated rings.